The highest BCUT2D eigenvalue weighted by molar-refractivity contribution is 7.12. The topological polar surface area (TPSA) is 36.0 Å². The van der Waals surface area contributed by atoms with Gasteiger partial charge in [-0.05, 0) is 31.5 Å². The minimum atomic E-state index is -0.550. The normalized spacial score (nSPS) is 13.1. The Kier molecular flexibility index (Phi) is 2.73. The number of aryl methyl sites for hydroxylation is 2. The molecule has 0 aliphatic carbocycles. The molecule has 2 nitrogen and oxygen atoms in total. The molecule has 18 heavy (non-hydrogen) atoms. The molecule has 1 aromatic carbocycles. The molecule has 3 aromatic rings. The molecule has 0 amide bonds. The molecule has 0 saturated heterocycles. The SMILES string of the molecule is Cc1cc(C(O)c2c[nH]c3ccccc23)c(C)s1. The Balaban J connectivity index is 2.12. The quantitative estimate of drug-likeness (QED) is 0.717. The summed E-state index contributed by atoms with van der Waals surface area (Å²) in [4.78, 5) is 5.63. The fourth-order valence-electron chi connectivity index (χ4n) is 2.41. The highest BCUT2D eigenvalue weighted by Crippen LogP contribution is 2.33. The second kappa shape index (κ2) is 4.26. The van der Waals surface area contributed by atoms with E-state index in [2.05, 4.69) is 24.9 Å². The number of aromatic amines is 1. The van der Waals surface area contributed by atoms with E-state index < -0.39 is 6.10 Å². The van der Waals surface area contributed by atoms with Crippen molar-refractivity contribution < 1.29 is 5.11 Å². The number of H-pyrrole nitrogens is 1. The lowest BCUT2D eigenvalue weighted by atomic mass is 10.0. The third kappa shape index (κ3) is 1.76. The van der Waals surface area contributed by atoms with E-state index in [1.807, 2.05) is 30.5 Å². The summed E-state index contributed by atoms with van der Waals surface area (Å²) < 4.78 is 0. The van der Waals surface area contributed by atoms with Crippen molar-refractivity contribution in [3.05, 3.63) is 57.4 Å². The van der Waals surface area contributed by atoms with Gasteiger partial charge in [-0.2, -0.15) is 0 Å². The summed E-state index contributed by atoms with van der Waals surface area (Å²) in [5.74, 6) is 0. The van der Waals surface area contributed by atoms with Gasteiger partial charge < -0.3 is 10.1 Å². The summed E-state index contributed by atoms with van der Waals surface area (Å²) >= 11 is 1.73. The van der Waals surface area contributed by atoms with Crippen LogP contribution in [0.1, 0.15) is 27.0 Å². The molecule has 3 heteroatoms. The van der Waals surface area contributed by atoms with E-state index in [0.29, 0.717) is 0 Å². The number of hydrogen-bond acceptors (Lipinski definition) is 2. The Bertz CT molecular complexity index is 695. The standard InChI is InChI=1S/C15H15NOS/c1-9-7-12(10(2)18-9)15(17)13-8-16-14-6-4-3-5-11(13)14/h3-8,15-17H,1-2H3. The second-order valence-corrected chi connectivity index (χ2v) is 6.02. The molecule has 0 bridgehead atoms. The largest absolute Gasteiger partial charge is 0.384 e. The lowest BCUT2D eigenvalue weighted by Crippen LogP contribution is -1.98. The van der Waals surface area contributed by atoms with Gasteiger partial charge in [-0.3, -0.25) is 0 Å². The Morgan fingerprint density at radius 1 is 1.17 bits per heavy atom. The smallest absolute Gasteiger partial charge is 0.107 e. The van der Waals surface area contributed by atoms with Gasteiger partial charge in [-0.1, -0.05) is 18.2 Å². The van der Waals surface area contributed by atoms with Crippen molar-refractivity contribution in [2.75, 3.05) is 0 Å². The molecule has 92 valence electrons. The molecule has 0 fully saturated rings. The predicted molar refractivity (Wildman–Crippen MR) is 76.2 cm³/mol. The third-order valence-corrected chi connectivity index (χ3v) is 4.27. The number of thiophene rings is 1. The highest BCUT2D eigenvalue weighted by Gasteiger charge is 2.18. The van der Waals surface area contributed by atoms with Crippen molar-refractivity contribution in [1.29, 1.82) is 0 Å². The van der Waals surface area contributed by atoms with E-state index in [9.17, 15) is 5.11 Å². The molecule has 1 unspecified atom stereocenters. The van der Waals surface area contributed by atoms with Gasteiger partial charge in [-0.15, -0.1) is 11.3 Å². The summed E-state index contributed by atoms with van der Waals surface area (Å²) in [6.45, 7) is 4.13. The number of fused-ring (bicyclic) bond motifs is 1. The lowest BCUT2D eigenvalue weighted by Gasteiger charge is -2.09. The Morgan fingerprint density at radius 2 is 1.94 bits per heavy atom. The van der Waals surface area contributed by atoms with E-state index in [1.54, 1.807) is 11.3 Å². The monoisotopic (exact) mass is 257 g/mol. The van der Waals surface area contributed by atoms with E-state index >= 15 is 0 Å². The first-order chi connectivity index (χ1) is 8.66. The average Bonchev–Trinajstić information content (AvgIpc) is 2.92. The van der Waals surface area contributed by atoms with Gasteiger partial charge in [0.25, 0.3) is 0 Å². The Labute approximate surface area is 110 Å². The van der Waals surface area contributed by atoms with Crippen LogP contribution in [0.25, 0.3) is 10.9 Å². The molecule has 3 rings (SSSR count). The van der Waals surface area contributed by atoms with Crippen LogP contribution < -0.4 is 0 Å². The van der Waals surface area contributed by atoms with Crippen LogP contribution in [0.4, 0.5) is 0 Å². The molecule has 0 aliphatic rings. The first-order valence-corrected chi connectivity index (χ1v) is 6.79. The molecular formula is C15H15NOS. The van der Waals surface area contributed by atoms with Crippen LogP contribution in [0.2, 0.25) is 0 Å². The van der Waals surface area contributed by atoms with E-state index in [1.165, 1.54) is 9.75 Å². The average molecular weight is 257 g/mol. The number of rotatable bonds is 2. The highest BCUT2D eigenvalue weighted by atomic mass is 32.1. The maximum atomic E-state index is 10.6. The zero-order valence-electron chi connectivity index (χ0n) is 10.4. The zero-order chi connectivity index (χ0) is 12.7. The van der Waals surface area contributed by atoms with Crippen molar-refractivity contribution in [2.24, 2.45) is 0 Å². The first-order valence-electron chi connectivity index (χ1n) is 5.98. The summed E-state index contributed by atoms with van der Waals surface area (Å²) in [5.41, 5.74) is 3.03. The van der Waals surface area contributed by atoms with Crippen molar-refractivity contribution in [3.63, 3.8) is 0 Å². The number of hydrogen-bond donors (Lipinski definition) is 2. The van der Waals surface area contributed by atoms with Crippen molar-refractivity contribution in [3.8, 4) is 0 Å². The molecule has 2 heterocycles. The van der Waals surface area contributed by atoms with Crippen molar-refractivity contribution in [2.45, 2.75) is 20.0 Å². The van der Waals surface area contributed by atoms with Crippen LogP contribution in [0.15, 0.2) is 36.5 Å². The van der Waals surface area contributed by atoms with Gasteiger partial charge in [0, 0.05) is 32.4 Å². The van der Waals surface area contributed by atoms with Crippen LogP contribution in [-0.2, 0) is 0 Å². The van der Waals surface area contributed by atoms with Gasteiger partial charge in [0.1, 0.15) is 6.10 Å². The summed E-state index contributed by atoms with van der Waals surface area (Å²) in [5, 5.41) is 11.7. The van der Waals surface area contributed by atoms with Crippen molar-refractivity contribution >= 4 is 22.2 Å². The Hall–Kier alpha value is -1.58. The molecule has 2 aromatic heterocycles. The minimum Gasteiger partial charge on any atom is -0.384 e. The summed E-state index contributed by atoms with van der Waals surface area (Å²) in [6.07, 6.45) is 1.35. The van der Waals surface area contributed by atoms with Crippen molar-refractivity contribution in [1.82, 2.24) is 4.98 Å². The maximum Gasteiger partial charge on any atom is 0.107 e. The first kappa shape index (κ1) is 11.5. The van der Waals surface area contributed by atoms with Gasteiger partial charge in [-0.25, -0.2) is 0 Å². The van der Waals surface area contributed by atoms with Crippen LogP contribution >= 0.6 is 11.3 Å². The number of nitrogens with one attached hydrogen (secondary N) is 1. The summed E-state index contributed by atoms with van der Waals surface area (Å²) in [6, 6.07) is 10.1. The summed E-state index contributed by atoms with van der Waals surface area (Å²) in [7, 11) is 0. The van der Waals surface area contributed by atoms with Gasteiger partial charge >= 0.3 is 0 Å². The Morgan fingerprint density at radius 3 is 2.67 bits per heavy atom. The molecule has 1 atom stereocenters. The molecule has 0 saturated carbocycles. The predicted octanol–water partition coefficient (Wildman–Crippen LogP) is 3.93. The molecule has 2 N–H and O–H groups in total. The van der Waals surface area contributed by atoms with Crippen LogP contribution in [0.3, 0.4) is 0 Å². The fraction of sp³-hybridized carbons (Fsp3) is 0.200. The van der Waals surface area contributed by atoms with Crippen LogP contribution in [-0.4, -0.2) is 10.1 Å². The minimum absolute atomic E-state index is 0.550. The number of aliphatic hydroxyl groups excluding tert-OH is 1. The van der Waals surface area contributed by atoms with Crippen LogP contribution in [0.5, 0.6) is 0 Å². The van der Waals surface area contributed by atoms with Gasteiger partial charge in [0.2, 0.25) is 0 Å². The lowest BCUT2D eigenvalue weighted by molar-refractivity contribution is 0.221. The van der Waals surface area contributed by atoms with E-state index in [4.69, 9.17) is 0 Å². The molecule has 0 aliphatic heterocycles. The van der Waals surface area contributed by atoms with E-state index in [-0.39, 0.29) is 0 Å². The molecule has 0 radical (unpaired) electrons. The second-order valence-electron chi connectivity index (χ2n) is 4.56. The third-order valence-electron chi connectivity index (χ3n) is 3.29. The molecule has 0 spiro atoms. The molecular weight excluding hydrogens is 242 g/mol. The fourth-order valence-corrected chi connectivity index (χ4v) is 3.37. The number of para-hydroxylation sites is 1. The van der Waals surface area contributed by atoms with Gasteiger partial charge in [0.15, 0.2) is 0 Å². The zero-order valence-corrected chi connectivity index (χ0v) is 11.2. The maximum absolute atomic E-state index is 10.6. The number of aromatic nitrogens is 1. The number of benzene rings is 1. The number of aliphatic hydroxyl groups is 1. The van der Waals surface area contributed by atoms with E-state index in [0.717, 1.165) is 22.0 Å². The van der Waals surface area contributed by atoms with Crippen LogP contribution in [0, 0.1) is 13.8 Å². The van der Waals surface area contributed by atoms with Gasteiger partial charge in [0.05, 0.1) is 0 Å².